The topological polar surface area (TPSA) is 66.4 Å². The second-order valence-electron chi connectivity index (χ2n) is 3.91. The molecule has 4 nitrogen and oxygen atoms in total. The van der Waals surface area contributed by atoms with E-state index in [1.807, 2.05) is 0 Å². The van der Waals surface area contributed by atoms with Crippen LogP contribution < -0.4 is 5.32 Å². The molecule has 84 valence electrons. The summed E-state index contributed by atoms with van der Waals surface area (Å²) in [7, 11) is 0. The molecule has 0 aromatic rings. The second-order valence-corrected chi connectivity index (χ2v) is 4.44. The highest BCUT2D eigenvalue weighted by Gasteiger charge is 2.45. The van der Waals surface area contributed by atoms with Gasteiger partial charge < -0.3 is 10.4 Å². The number of carboxylic acids is 1. The molecule has 2 N–H and O–H groups in total. The molecule has 1 aliphatic carbocycles. The third-order valence-electron chi connectivity index (χ3n) is 2.74. The highest BCUT2D eigenvalue weighted by Crippen LogP contribution is 2.44. The average Bonchev–Trinajstić information content (AvgIpc) is 2.07. The number of carboxylic acid groups (broad SMARTS) is 1. The number of carbonyl (C=O) groups is 2. The SMILES string of the molecule is C=C(Cl)CNC(=O)CC1(C(=O)O)CCC1. The maximum Gasteiger partial charge on any atom is 0.310 e. The molecule has 15 heavy (non-hydrogen) atoms. The van der Waals surface area contributed by atoms with Crippen LogP contribution in [0, 0.1) is 5.41 Å². The first kappa shape index (κ1) is 12.0. The van der Waals surface area contributed by atoms with Gasteiger partial charge in [0.25, 0.3) is 0 Å². The predicted octanol–water partition coefficient (Wildman–Crippen LogP) is 1.50. The Balaban J connectivity index is 2.42. The second kappa shape index (κ2) is 4.66. The maximum absolute atomic E-state index is 11.4. The summed E-state index contributed by atoms with van der Waals surface area (Å²) in [4.78, 5) is 22.3. The van der Waals surface area contributed by atoms with Crippen LogP contribution in [0.1, 0.15) is 25.7 Å². The molecule has 1 aliphatic rings. The third kappa shape index (κ3) is 2.96. The maximum atomic E-state index is 11.4. The standard InChI is InChI=1S/C10H14ClNO3/c1-7(11)6-12-8(13)5-10(9(14)15)3-2-4-10/h1-6H2,(H,12,13)(H,14,15). The molecule has 1 amide bonds. The zero-order chi connectivity index (χ0) is 11.5. The summed E-state index contributed by atoms with van der Waals surface area (Å²) < 4.78 is 0. The number of hydrogen-bond donors (Lipinski definition) is 2. The molecule has 1 saturated carbocycles. The van der Waals surface area contributed by atoms with Gasteiger partial charge in [0.1, 0.15) is 0 Å². The Labute approximate surface area is 93.3 Å². The van der Waals surface area contributed by atoms with Crippen LogP contribution >= 0.6 is 11.6 Å². The van der Waals surface area contributed by atoms with E-state index in [-0.39, 0.29) is 18.9 Å². The van der Waals surface area contributed by atoms with Gasteiger partial charge in [0.15, 0.2) is 0 Å². The molecule has 1 rings (SSSR count). The van der Waals surface area contributed by atoms with Crippen LogP contribution in [0.15, 0.2) is 11.6 Å². The lowest BCUT2D eigenvalue weighted by atomic mass is 9.66. The molecule has 0 radical (unpaired) electrons. The van der Waals surface area contributed by atoms with E-state index in [0.717, 1.165) is 6.42 Å². The summed E-state index contributed by atoms with van der Waals surface area (Å²) in [5.41, 5.74) is -0.836. The first-order chi connectivity index (χ1) is 6.96. The van der Waals surface area contributed by atoms with Crippen LogP contribution in [0.4, 0.5) is 0 Å². The van der Waals surface area contributed by atoms with Crippen LogP contribution in [0.5, 0.6) is 0 Å². The first-order valence-electron chi connectivity index (χ1n) is 4.80. The molecule has 0 bridgehead atoms. The van der Waals surface area contributed by atoms with Gasteiger partial charge in [-0.15, -0.1) is 0 Å². The number of hydrogen-bond acceptors (Lipinski definition) is 2. The van der Waals surface area contributed by atoms with Gasteiger partial charge >= 0.3 is 5.97 Å². The molecule has 1 fully saturated rings. The van der Waals surface area contributed by atoms with Crippen molar-refractivity contribution in [2.75, 3.05) is 6.54 Å². The van der Waals surface area contributed by atoms with Crippen molar-refractivity contribution < 1.29 is 14.7 Å². The van der Waals surface area contributed by atoms with Gasteiger partial charge in [-0.3, -0.25) is 9.59 Å². The Morgan fingerprint density at radius 1 is 1.47 bits per heavy atom. The number of halogens is 1. The molecule has 0 saturated heterocycles. The lowest BCUT2D eigenvalue weighted by Crippen LogP contribution is -2.42. The van der Waals surface area contributed by atoms with Crippen molar-refractivity contribution in [3.8, 4) is 0 Å². The molecule has 0 aromatic heterocycles. The van der Waals surface area contributed by atoms with Gasteiger partial charge in [-0.1, -0.05) is 24.6 Å². The molecular weight excluding hydrogens is 218 g/mol. The van der Waals surface area contributed by atoms with E-state index in [1.54, 1.807) is 0 Å². The molecule has 0 heterocycles. The van der Waals surface area contributed by atoms with Gasteiger partial charge in [0.2, 0.25) is 5.91 Å². The fourth-order valence-electron chi connectivity index (χ4n) is 1.63. The molecule has 0 aromatic carbocycles. The number of aliphatic carboxylic acids is 1. The van der Waals surface area contributed by atoms with Crippen molar-refractivity contribution in [1.29, 1.82) is 0 Å². The highest BCUT2D eigenvalue weighted by molar-refractivity contribution is 6.29. The third-order valence-corrected chi connectivity index (χ3v) is 2.87. The van der Waals surface area contributed by atoms with Gasteiger partial charge in [-0.2, -0.15) is 0 Å². The summed E-state index contributed by atoms with van der Waals surface area (Å²) in [5.74, 6) is -1.16. The van der Waals surface area contributed by atoms with Crippen LogP contribution in [-0.4, -0.2) is 23.5 Å². The minimum Gasteiger partial charge on any atom is -0.481 e. The van der Waals surface area contributed by atoms with E-state index in [0.29, 0.717) is 17.9 Å². The van der Waals surface area contributed by atoms with E-state index < -0.39 is 11.4 Å². The van der Waals surface area contributed by atoms with Gasteiger partial charge in [-0.25, -0.2) is 0 Å². The summed E-state index contributed by atoms with van der Waals surface area (Å²) in [6.45, 7) is 3.62. The Morgan fingerprint density at radius 2 is 2.07 bits per heavy atom. The van der Waals surface area contributed by atoms with E-state index in [1.165, 1.54) is 0 Å². The Bertz CT molecular complexity index is 297. The smallest absolute Gasteiger partial charge is 0.310 e. The summed E-state index contributed by atoms with van der Waals surface area (Å²) in [6, 6.07) is 0. The Hall–Kier alpha value is -1.03. The molecular formula is C10H14ClNO3. The minimum atomic E-state index is -0.881. The lowest BCUT2D eigenvalue weighted by molar-refractivity contribution is -0.157. The molecule has 0 unspecified atom stereocenters. The Morgan fingerprint density at radius 3 is 2.40 bits per heavy atom. The Kier molecular flexibility index (Phi) is 3.74. The van der Waals surface area contributed by atoms with Gasteiger partial charge in [0.05, 0.1) is 12.0 Å². The lowest BCUT2D eigenvalue weighted by Gasteiger charge is -2.36. The van der Waals surface area contributed by atoms with E-state index in [9.17, 15) is 9.59 Å². The van der Waals surface area contributed by atoms with E-state index in [4.69, 9.17) is 16.7 Å². The fourth-order valence-corrected chi connectivity index (χ4v) is 1.70. The normalized spacial score (nSPS) is 17.7. The highest BCUT2D eigenvalue weighted by atomic mass is 35.5. The van der Waals surface area contributed by atoms with Crippen LogP contribution in [0.3, 0.4) is 0 Å². The fraction of sp³-hybridized carbons (Fsp3) is 0.600. The zero-order valence-corrected chi connectivity index (χ0v) is 9.14. The van der Waals surface area contributed by atoms with Crippen molar-refractivity contribution in [2.45, 2.75) is 25.7 Å². The average molecular weight is 232 g/mol. The van der Waals surface area contributed by atoms with E-state index in [2.05, 4.69) is 11.9 Å². The van der Waals surface area contributed by atoms with Crippen molar-refractivity contribution in [2.24, 2.45) is 5.41 Å². The van der Waals surface area contributed by atoms with Crippen LogP contribution in [0.25, 0.3) is 0 Å². The minimum absolute atomic E-state index is 0.0342. The van der Waals surface area contributed by atoms with Crippen molar-refractivity contribution in [3.05, 3.63) is 11.6 Å². The molecule has 0 aliphatic heterocycles. The molecule has 5 heteroatoms. The molecule has 0 atom stereocenters. The van der Waals surface area contributed by atoms with Crippen LogP contribution in [0.2, 0.25) is 0 Å². The van der Waals surface area contributed by atoms with Gasteiger partial charge in [0, 0.05) is 11.5 Å². The van der Waals surface area contributed by atoms with Crippen molar-refractivity contribution in [1.82, 2.24) is 5.32 Å². The number of rotatable bonds is 5. The number of amides is 1. The summed E-state index contributed by atoms with van der Waals surface area (Å²) in [6.07, 6.45) is 2.07. The van der Waals surface area contributed by atoms with Crippen LogP contribution in [-0.2, 0) is 9.59 Å². The number of carbonyl (C=O) groups excluding carboxylic acids is 1. The number of nitrogens with one attached hydrogen (secondary N) is 1. The monoisotopic (exact) mass is 231 g/mol. The van der Waals surface area contributed by atoms with Gasteiger partial charge in [-0.05, 0) is 12.8 Å². The summed E-state index contributed by atoms with van der Waals surface area (Å²) >= 11 is 5.48. The predicted molar refractivity (Wildman–Crippen MR) is 56.5 cm³/mol. The largest absolute Gasteiger partial charge is 0.481 e. The van der Waals surface area contributed by atoms with Crippen molar-refractivity contribution in [3.63, 3.8) is 0 Å². The molecule has 0 spiro atoms. The first-order valence-corrected chi connectivity index (χ1v) is 5.17. The van der Waals surface area contributed by atoms with E-state index >= 15 is 0 Å². The quantitative estimate of drug-likeness (QED) is 0.754. The summed E-state index contributed by atoms with van der Waals surface area (Å²) in [5, 5.41) is 11.8. The van der Waals surface area contributed by atoms with Crippen molar-refractivity contribution >= 4 is 23.5 Å². The zero-order valence-electron chi connectivity index (χ0n) is 8.38.